The Labute approximate surface area is 142 Å². The molecule has 9 heteroatoms. The van der Waals surface area contributed by atoms with Gasteiger partial charge in [0.1, 0.15) is 5.69 Å². The Bertz CT molecular complexity index is 512. The predicted octanol–water partition coefficient (Wildman–Crippen LogP) is -2.01. The number of nitrogens with two attached hydrogens (primary N) is 3. The second-order valence-corrected chi connectivity index (χ2v) is 5.36. The van der Waals surface area contributed by atoms with Crippen LogP contribution in [0.15, 0.2) is 12.3 Å². The van der Waals surface area contributed by atoms with Crippen LogP contribution < -0.4 is 22.5 Å². The molecular weight excluding hydrogens is 310 g/mol. The van der Waals surface area contributed by atoms with Crippen molar-refractivity contribution < 1.29 is 9.59 Å². The lowest BCUT2D eigenvalue weighted by Crippen LogP contribution is -2.39. The van der Waals surface area contributed by atoms with Crippen LogP contribution in [0, 0.1) is 0 Å². The number of rotatable bonds is 11. The highest BCUT2D eigenvalue weighted by molar-refractivity contribution is 5.99. The summed E-state index contributed by atoms with van der Waals surface area (Å²) in [6.07, 6.45) is 1.54. The van der Waals surface area contributed by atoms with E-state index in [0.29, 0.717) is 63.6 Å². The maximum atomic E-state index is 12.5. The van der Waals surface area contributed by atoms with E-state index in [4.69, 9.17) is 17.2 Å². The highest BCUT2D eigenvalue weighted by Crippen LogP contribution is 2.10. The fourth-order valence-electron chi connectivity index (χ4n) is 2.34. The topological polar surface area (TPSA) is 146 Å². The average molecular weight is 339 g/mol. The minimum absolute atomic E-state index is 0.182. The monoisotopic (exact) mass is 339 g/mol. The minimum Gasteiger partial charge on any atom is -0.356 e. The molecule has 0 fully saturated rings. The number of H-pyrrole nitrogens is 1. The van der Waals surface area contributed by atoms with Crippen LogP contribution in [0.25, 0.3) is 0 Å². The summed E-state index contributed by atoms with van der Waals surface area (Å²) in [5, 5.41) is 3.00. The van der Waals surface area contributed by atoms with Gasteiger partial charge in [0.25, 0.3) is 11.8 Å². The quantitative estimate of drug-likeness (QED) is 0.315. The molecule has 0 unspecified atom stereocenters. The zero-order chi connectivity index (χ0) is 17.9. The Balaban J connectivity index is 2.85. The largest absolute Gasteiger partial charge is 0.356 e. The highest BCUT2D eigenvalue weighted by atomic mass is 16.2. The van der Waals surface area contributed by atoms with Gasteiger partial charge in [0.2, 0.25) is 0 Å². The molecule has 0 spiro atoms. The zero-order valence-corrected chi connectivity index (χ0v) is 14.3. The number of hydrogen-bond donors (Lipinski definition) is 5. The van der Waals surface area contributed by atoms with E-state index >= 15 is 0 Å². The fourth-order valence-corrected chi connectivity index (χ4v) is 2.34. The summed E-state index contributed by atoms with van der Waals surface area (Å²) in [5.74, 6) is -0.374. The molecule has 136 valence electrons. The number of likely N-dealkylation sites (N-methyl/N-ethyl adjacent to an activating group) is 1. The van der Waals surface area contributed by atoms with Crippen molar-refractivity contribution in [1.82, 2.24) is 20.1 Å². The Hall–Kier alpha value is -1.94. The van der Waals surface area contributed by atoms with Crippen LogP contribution in [-0.4, -0.2) is 86.0 Å². The van der Waals surface area contributed by atoms with Gasteiger partial charge in [-0.2, -0.15) is 0 Å². The predicted molar refractivity (Wildman–Crippen MR) is 93.7 cm³/mol. The lowest BCUT2D eigenvalue weighted by molar-refractivity contribution is 0.0756. The molecule has 0 aliphatic heterocycles. The normalized spacial score (nSPS) is 10.7. The summed E-state index contributed by atoms with van der Waals surface area (Å²) in [7, 11) is 1.82. The second kappa shape index (κ2) is 10.8. The first-order valence-electron chi connectivity index (χ1n) is 8.10. The fraction of sp³-hybridized carbons (Fsp3) is 0.600. The Morgan fingerprint density at radius 1 is 1.00 bits per heavy atom. The first-order chi connectivity index (χ1) is 11.6. The van der Waals surface area contributed by atoms with E-state index in [1.54, 1.807) is 15.9 Å². The van der Waals surface area contributed by atoms with Crippen LogP contribution in [-0.2, 0) is 0 Å². The van der Waals surface area contributed by atoms with Gasteiger partial charge in [0, 0.05) is 58.6 Å². The Morgan fingerprint density at radius 3 is 2.04 bits per heavy atom. The smallest absolute Gasteiger partial charge is 0.270 e. The molecular formula is C15H29N7O2. The van der Waals surface area contributed by atoms with Crippen molar-refractivity contribution in [2.45, 2.75) is 0 Å². The number of carbonyl (C=O) groups is 2. The third-order valence-electron chi connectivity index (χ3n) is 3.56. The van der Waals surface area contributed by atoms with Gasteiger partial charge in [0.15, 0.2) is 0 Å². The average Bonchev–Trinajstić information content (AvgIpc) is 3.07. The lowest BCUT2D eigenvalue weighted by atomic mass is 10.2. The van der Waals surface area contributed by atoms with Gasteiger partial charge in [-0.1, -0.05) is 0 Å². The molecule has 9 nitrogen and oxygen atoms in total. The molecule has 0 radical (unpaired) electrons. The van der Waals surface area contributed by atoms with Crippen molar-refractivity contribution in [3.8, 4) is 0 Å². The molecule has 0 aromatic carbocycles. The van der Waals surface area contributed by atoms with Crippen LogP contribution in [0.2, 0.25) is 0 Å². The molecule has 8 N–H and O–H groups in total. The van der Waals surface area contributed by atoms with Crippen molar-refractivity contribution in [3.05, 3.63) is 23.5 Å². The summed E-state index contributed by atoms with van der Waals surface area (Å²) in [6, 6.07) is 1.56. The summed E-state index contributed by atoms with van der Waals surface area (Å²) in [4.78, 5) is 31.1. The molecule has 1 heterocycles. The summed E-state index contributed by atoms with van der Waals surface area (Å²) in [6.45, 7) is 3.60. The zero-order valence-electron chi connectivity index (χ0n) is 14.3. The van der Waals surface area contributed by atoms with Gasteiger partial charge < -0.3 is 37.3 Å². The molecule has 24 heavy (non-hydrogen) atoms. The number of carbonyl (C=O) groups excluding carboxylic acids is 2. The third kappa shape index (κ3) is 5.60. The molecule has 0 bridgehead atoms. The number of nitrogens with one attached hydrogen (secondary N) is 2. The number of amides is 2. The van der Waals surface area contributed by atoms with Gasteiger partial charge in [-0.15, -0.1) is 0 Å². The maximum Gasteiger partial charge on any atom is 0.270 e. The van der Waals surface area contributed by atoms with E-state index in [1.807, 2.05) is 7.05 Å². The second-order valence-electron chi connectivity index (χ2n) is 5.36. The first kappa shape index (κ1) is 20.1. The van der Waals surface area contributed by atoms with Gasteiger partial charge in [-0.3, -0.25) is 9.59 Å². The van der Waals surface area contributed by atoms with Crippen molar-refractivity contribution in [2.24, 2.45) is 17.2 Å². The molecule has 0 aliphatic rings. The summed E-state index contributed by atoms with van der Waals surface area (Å²) >= 11 is 0. The summed E-state index contributed by atoms with van der Waals surface area (Å²) < 4.78 is 0. The van der Waals surface area contributed by atoms with E-state index in [2.05, 4.69) is 10.3 Å². The molecule has 0 aliphatic carbocycles. The van der Waals surface area contributed by atoms with E-state index < -0.39 is 0 Å². The Kier molecular flexibility index (Phi) is 9.02. The maximum absolute atomic E-state index is 12.5. The van der Waals surface area contributed by atoms with Gasteiger partial charge in [0.05, 0.1) is 5.56 Å². The number of aromatic amines is 1. The standard InChI is InChI=1S/C15H29N7O2/c1-19-5-9-22(8-4-18)15(24)13-10-12(11-20-13)14(23)21(6-2-16)7-3-17/h10-11,19-20H,2-9,16-18H2,1H3. The van der Waals surface area contributed by atoms with Gasteiger partial charge in [-0.25, -0.2) is 0 Å². The number of aromatic nitrogens is 1. The van der Waals surface area contributed by atoms with Crippen LogP contribution in [0.5, 0.6) is 0 Å². The molecule has 2 amide bonds. The lowest BCUT2D eigenvalue weighted by Gasteiger charge is -2.21. The van der Waals surface area contributed by atoms with Crippen molar-refractivity contribution >= 4 is 11.8 Å². The minimum atomic E-state index is -0.193. The molecule has 1 aromatic rings. The molecule has 0 saturated carbocycles. The van der Waals surface area contributed by atoms with Gasteiger partial charge >= 0.3 is 0 Å². The number of hydrogen-bond acceptors (Lipinski definition) is 6. The van der Waals surface area contributed by atoms with Crippen molar-refractivity contribution in [3.63, 3.8) is 0 Å². The summed E-state index contributed by atoms with van der Waals surface area (Å²) in [5.41, 5.74) is 17.4. The van der Waals surface area contributed by atoms with Crippen molar-refractivity contribution in [1.29, 1.82) is 0 Å². The van der Waals surface area contributed by atoms with E-state index in [1.165, 1.54) is 6.20 Å². The highest BCUT2D eigenvalue weighted by Gasteiger charge is 2.20. The first-order valence-corrected chi connectivity index (χ1v) is 8.10. The van der Waals surface area contributed by atoms with Crippen LogP contribution in [0.1, 0.15) is 20.8 Å². The SMILES string of the molecule is CNCCN(CCN)C(=O)c1cc(C(=O)N(CCN)CCN)c[nH]1. The van der Waals surface area contributed by atoms with E-state index in [-0.39, 0.29) is 11.8 Å². The molecule has 1 aromatic heterocycles. The molecule has 1 rings (SSSR count). The Morgan fingerprint density at radius 2 is 1.54 bits per heavy atom. The third-order valence-corrected chi connectivity index (χ3v) is 3.56. The number of nitrogens with zero attached hydrogens (tertiary/aromatic N) is 2. The van der Waals surface area contributed by atoms with Crippen molar-refractivity contribution in [2.75, 3.05) is 59.4 Å². The molecule has 0 saturated heterocycles. The van der Waals surface area contributed by atoms with E-state index in [0.717, 1.165) is 0 Å². The van der Waals surface area contributed by atoms with E-state index in [9.17, 15) is 9.59 Å². The van der Waals surface area contributed by atoms with Crippen LogP contribution in [0.4, 0.5) is 0 Å². The van der Waals surface area contributed by atoms with Crippen LogP contribution in [0.3, 0.4) is 0 Å². The molecule has 0 atom stereocenters. The van der Waals surface area contributed by atoms with Crippen LogP contribution >= 0.6 is 0 Å². The van der Waals surface area contributed by atoms with Gasteiger partial charge in [-0.05, 0) is 13.1 Å².